The lowest BCUT2D eigenvalue weighted by Gasteiger charge is -2.22. The Bertz CT molecular complexity index is 725. The summed E-state index contributed by atoms with van der Waals surface area (Å²) in [4.78, 5) is 17.0. The molecule has 4 nitrogen and oxygen atoms in total. The van der Waals surface area contributed by atoms with Crippen LogP contribution < -0.4 is 10.2 Å². The Morgan fingerprint density at radius 1 is 1.00 bits per heavy atom. The molecule has 0 atom stereocenters. The third-order valence-corrected chi connectivity index (χ3v) is 4.99. The molecule has 4 heteroatoms. The number of carbonyl (C=O) groups is 1. The number of amides is 1. The number of rotatable bonds is 9. The first-order valence-corrected chi connectivity index (χ1v) is 9.78. The zero-order valence-corrected chi connectivity index (χ0v) is 17.3. The fraction of sp³-hybridized carbons (Fsp3) is 0.435. The van der Waals surface area contributed by atoms with Crippen molar-refractivity contribution in [3.8, 4) is 0 Å². The molecule has 0 heterocycles. The van der Waals surface area contributed by atoms with E-state index < -0.39 is 0 Å². The maximum Gasteiger partial charge on any atom is 0.251 e. The molecule has 0 bridgehead atoms. The molecule has 2 aromatic carbocycles. The molecule has 0 aliphatic rings. The summed E-state index contributed by atoms with van der Waals surface area (Å²) in [5.74, 6) is -0.0355. The predicted molar refractivity (Wildman–Crippen MR) is 114 cm³/mol. The number of benzene rings is 2. The Hall–Kier alpha value is -2.33. The van der Waals surface area contributed by atoms with Crippen molar-refractivity contribution in [1.82, 2.24) is 10.2 Å². The lowest BCUT2D eigenvalue weighted by atomic mass is 10.1. The second kappa shape index (κ2) is 10.1. The van der Waals surface area contributed by atoms with Crippen molar-refractivity contribution < 1.29 is 4.79 Å². The molecule has 0 spiro atoms. The van der Waals surface area contributed by atoms with Crippen molar-refractivity contribution in [2.75, 3.05) is 25.5 Å². The smallest absolute Gasteiger partial charge is 0.251 e. The minimum Gasteiger partial charge on any atom is -0.375 e. The van der Waals surface area contributed by atoms with E-state index in [9.17, 15) is 4.79 Å². The van der Waals surface area contributed by atoms with Crippen molar-refractivity contribution in [1.29, 1.82) is 0 Å². The fourth-order valence-electron chi connectivity index (χ4n) is 2.94. The number of hydrogen-bond acceptors (Lipinski definition) is 3. The predicted octanol–water partition coefficient (Wildman–Crippen LogP) is 4.30. The van der Waals surface area contributed by atoms with Gasteiger partial charge in [-0.3, -0.25) is 9.69 Å². The van der Waals surface area contributed by atoms with E-state index in [4.69, 9.17) is 0 Å². The molecule has 0 fully saturated rings. The van der Waals surface area contributed by atoms with E-state index in [1.165, 1.54) is 5.56 Å². The maximum absolute atomic E-state index is 12.5. The van der Waals surface area contributed by atoms with Gasteiger partial charge in [-0.1, -0.05) is 31.2 Å². The zero-order valence-electron chi connectivity index (χ0n) is 17.3. The Balaban J connectivity index is 1.99. The van der Waals surface area contributed by atoms with Gasteiger partial charge in [-0.2, -0.15) is 0 Å². The lowest BCUT2D eigenvalue weighted by Crippen LogP contribution is -2.27. The highest BCUT2D eigenvalue weighted by Gasteiger charge is 2.10. The van der Waals surface area contributed by atoms with Crippen LogP contribution in [-0.4, -0.2) is 37.5 Å². The second-order valence-corrected chi connectivity index (χ2v) is 7.43. The highest BCUT2D eigenvalue weighted by Crippen LogP contribution is 2.15. The van der Waals surface area contributed by atoms with Gasteiger partial charge in [0.1, 0.15) is 0 Å². The van der Waals surface area contributed by atoms with Crippen LogP contribution in [0.25, 0.3) is 0 Å². The monoisotopic (exact) mass is 367 g/mol. The van der Waals surface area contributed by atoms with E-state index in [0.717, 1.165) is 30.8 Å². The van der Waals surface area contributed by atoms with Gasteiger partial charge in [0.15, 0.2) is 0 Å². The Morgan fingerprint density at radius 3 is 2.22 bits per heavy atom. The first-order valence-electron chi connectivity index (χ1n) is 9.78. The third kappa shape index (κ3) is 6.10. The van der Waals surface area contributed by atoms with E-state index in [0.29, 0.717) is 18.2 Å². The van der Waals surface area contributed by atoms with E-state index in [2.05, 4.69) is 68.2 Å². The highest BCUT2D eigenvalue weighted by atomic mass is 16.1. The maximum atomic E-state index is 12.5. The summed E-state index contributed by atoms with van der Waals surface area (Å²) in [6.45, 7) is 8.96. The van der Waals surface area contributed by atoms with Gasteiger partial charge < -0.3 is 10.2 Å². The zero-order chi connectivity index (χ0) is 19.8. The number of nitrogens with zero attached hydrogens (tertiary/aromatic N) is 2. The number of hydrogen-bond donors (Lipinski definition) is 1. The molecule has 0 radical (unpaired) electrons. The molecule has 0 aliphatic carbocycles. The van der Waals surface area contributed by atoms with Crippen molar-refractivity contribution in [3.05, 3.63) is 65.2 Å². The van der Waals surface area contributed by atoms with Gasteiger partial charge >= 0.3 is 0 Å². The molecular formula is C23H33N3O. The summed E-state index contributed by atoms with van der Waals surface area (Å²) < 4.78 is 0. The van der Waals surface area contributed by atoms with Crippen LogP contribution in [0.1, 0.15) is 48.7 Å². The Morgan fingerprint density at radius 2 is 1.63 bits per heavy atom. The summed E-state index contributed by atoms with van der Waals surface area (Å²) >= 11 is 0. The normalized spacial score (nSPS) is 11.1. The van der Waals surface area contributed by atoms with Gasteiger partial charge in [-0.25, -0.2) is 0 Å². The van der Waals surface area contributed by atoms with Crippen molar-refractivity contribution in [2.24, 2.45) is 0 Å². The first kappa shape index (κ1) is 21.0. The van der Waals surface area contributed by atoms with Crippen molar-refractivity contribution in [2.45, 2.75) is 46.3 Å². The first-order chi connectivity index (χ1) is 12.9. The summed E-state index contributed by atoms with van der Waals surface area (Å²) in [6, 6.07) is 16.6. The van der Waals surface area contributed by atoms with Gasteiger partial charge in [0.2, 0.25) is 0 Å². The van der Waals surface area contributed by atoms with Gasteiger partial charge in [0.25, 0.3) is 5.91 Å². The van der Waals surface area contributed by atoms with Crippen LogP contribution >= 0.6 is 0 Å². The minimum atomic E-state index is -0.0355. The summed E-state index contributed by atoms with van der Waals surface area (Å²) in [6.07, 6.45) is 1.10. The van der Waals surface area contributed by atoms with E-state index in [1.807, 2.05) is 30.3 Å². The largest absolute Gasteiger partial charge is 0.375 e. The molecule has 0 aliphatic heterocycles. The van der Waals surface area contributed by atoms with E-state index in [1.54, 1.807) is 0 Å². The van der Waals surface area contributed by atoms with E-state index >= 15 is 0 Å². The molecule has 2 aromatic rings. The fourth-order valence-corrected chi connectivity index (χ4v) is 2.94. The van der Waals surface area contributed by atoms with Crippen LogP contribution in [-0.2, 0) is 13.1 Å². The van der Waals surface area contributed by atoms with Crippen LogP contribution in [0.5, 0.6) is 0 Å². The van der Waals surface area contributed by atoms with Crippen LogP contribution in [0.15, 0.2) is 48.5 Å². The Labute approximate surface area is 164 Å². The highest BCUT2D eigenvalue weighted by molar-refractivity contribution is 5.94. The van der Waals surface area contributed by atoms with Crippen LogP contribution in [0.3, 0.4) is 0 Å². The molecule has 0 unspecified atom stereocenters. The van der Waals surface area contributed by atoms with Crippen LogP contribution in [0.4, 0.5) is 5.69 Å². The Kier molecular flexibility index (Phi) is 7.86. The molecule has 0 saturated carbocycles. The number of nitrogens with one attached hydrogen (secondary N) is 1. The molecule has 0 aromatic heterocycles. The minimum absolute atomic E-state index is 0.0355. The van der Waals surface area contributed by atoms with E-state index in [-0.39, 0.29) is 5.91 Å². The number of anilines is 1. The standard InChI is InChI=1S/C23H33N3O/c1-6-15-25(4)22-13-11-19(12-14-22)23(27)24-16-20-9-7-8-10-21(20)17-26(5)18(2)3/h7-14,18H,6,15-17H2,1-5H3,(H,24,27). The van der Waals surface area contributed by atoms with Crippen LogP contribution in [0.2, 0.25) is 0 Å². The number of carbonyl (C=O) groups excluding carboxylic acids is 1. The average molecular weight is 368 g/mol. The average Bonchev–Trinajstić information content (AvgIpc) is 2.67. The topological polar surface area (TPSA) is 35.6 Å². The molecule has 146 valence electrons. The molecular weight excluding hydrogens is 334 g/mol. The molecule has 1 N–H and O–H groups in total. The molecule has 27 heavy (non-hydrogen) atoms. The van der Waals surface area contributed by atoms with Gasteiger partial charge in [0.05, 0.1) is 0 Å². The molecule has 2 rings (SSSR count). The van der Waals surface area contributed by atoms with Crippen molar-refractivity contribution >= 4 is 11.6 Å². The lowest BCUT2D eigenvalue weighted by molar-refractivity contribution is 0.0950. The molecule has 0 saturated heterocycles. The van der Waals surface area contributed by atoms with Crippen molar-refractivity contribution in [3.63, 3.8) is 0 Å². The summed E-state index contributed by atoms with van der Waals surface area (Å²) in [7, 11) is 4.20. The summed E-state index contributed by atoms with van der Waals surface area (Å²) in [5, 5.41) is 3.06. The van der Waals surface area contributed by atoms with Gasteiger partial charge in [0, 0.05) is 44.0 Å². The van der Waals surface area contributed by atoms with Gasteiger partial charge in [-0.05, 0) is 62.7 Å². The molecule has 1 amide bonds. The second-order valence-electron chi connectivity index (χ2n) is 7.43. The van der Waals surface area contributed by atoms with Crippen LogP contribution in [0, 0.1) is 0 Å². The third-order valence-electron chi connectivity index (χ3n) is 4.99. The quantitative estimate of drug-likeness (QED) is 0.718. The SMILES string of the molecule is CCCN(C)c1ccc(C(=O)NCc2ccccc2CN(C)C(C)C)cc1. The summed E-state index contributed by atoms with van der Waals surface area (Å²) in [5.41, 5.74) is 4.25. The van der Waals surface area contributed by atoms with Gasteiger partial charge in [-0.15, -0.1) is 0 Å².